The fourth-order valence-electron chi connectivity index (χ4n) is 1.80. The van der Waals surface area contributed by atoms with Crippen LogP contribution >= 0.6 is 0 Å². The van der Waals surface area contributed by atoms with Crippen molar-refractivity contribution < 1.29 is 4.74 Å². The molecule has 0 amide bonds. The van der Waals surface area contributed by atoms with Gasteiger partial charge >= 0.3 is 0 Å². The second kappa shape index (κ2) is 6.27. The highest BCUT2D eigenvalue weighted by atomic mass is 16.5. The Hall–Kier alpha value is -1.73. The summed E-state index contributed by atoms with van der Waals surface area (Å²) < 4.78 is 5.32. The second-order valence-corrected chi connectivity index (χ2v) is 4.73. The predicted octanol–water partition coefficient (Wildman–Crippen LogP) is 2.15. The summed E-state index contributed by atoms with van der Waals surface area (Å²) in [6, 6.07) is 10.00. The lowest BCUT2D eigenvalue weighted by molar-refractivity contribution is 0.414. The molecule has 0 aliphatic heterocycles. The summed E-state index contributed by atoms with van der Waals surface area (Å²) in [6.07, 6.45) is 1.55. The molecule has 0 spiro atoms. The largest absolute Gasteiger partial charge is 0.495 e. The second-order valence-electron chi connectivity index (χ2n) is 4.73. The highest BCUT2D eigenvalue weighted by Crippen LogP contribution is 2.26. The highest BCUT2D eigenvalue weighted by molar-refractivity contribution is 5.57. The number of nitriles is 1. The van der Waals surface area contributed by atoms with Crippen molar-refractivity contribution in [2.75, 3.05) is 25.6 Å². The van der Waals surface area contributed by atoms with Crippen LogP contribution in [-0.4, -0.2) is 26.2 Å². The Morgan fingerprint density at radius 2 is 2.11 bits per heavy atom. The maximum absolute atomic E-state index is 8.85. The average Bonchev–Trinajstić information content (AvgIpc) is 2.38. The topological polar surface area (TPSA) is 62.3 Å². The fraction of sp³-hybridized carbons (Fsp3) is 0.500. The summed E-state index contributed by atoms with van der Waals surface area (Å²) in [5.41, 5.74) is 6.11. The lowest BCUT2D eigenvalue weighted by Crippen LogP contribution is -2.35. The van der Waals surface area contributed by atoms with Gasteiger partial charge < -0.3 is 15.4 Å². The normalized spacial score (nSPS) is 13.5. The Morgan fingerprint density at radius 1 is 1.44 bits per heavy atom. The van der Waals surface area contributed by atoms with Crippen LogP contribution in [0.1, 0.15) is 19.8 Å². The minimum absolute atomic E-state index is 0.684. The van der Waals surface area contributed by atoms with Gasteiger partial charge in [0.2, 0.25) is 0 Å². The van der Waals surface area contributed by atoms with Crippen molar-refractivity contribution >= 4 is 5.69 Å². The number of nitrogens with two attached hydrogens (primary N) is 1. The number of hydrogen-bond acceptors (Lipinski definition) is 4. The van der Waals surface area contributed by atoms with E-state index < -0.39 is 5.54 Å². The van der Waals surface area contributed by atoms with Crippen molar-refractivity contribution in [2.45, 2.75) is 25.3 Å². The van der Waals surface area contributed by atoms with Gasteiger partial charge in [-0.3, -0.25) is 0 Å². The number of ether oxygens (including phenoxy) is 1. The summed E-state index contributed by atoms with van der Waals surface area (Å²) in [6.45, 7) is 2.60. The van der Waals surface area contributed by atoms with Gasteiger partial charge in [0, 0.05) is 13.6 Å². The summed E-state index contributed by atoms with van der Waals surface area (Å²) >= 11 is 0. The Kier molecular flexibility index (Phi) is 4.99. The molecule has 0 saturated carbocycles. The van der Waals surface area contributed by atoms with Crippen molar-refractivity contribution in [1.29, 1.82) is 5.26 Å². The molecule has 2 N–H and O–H groups in total. The molecule has 0 radical (unpaired) electrons. The molecule has 1 atom stereocenters. The summed E-state index contributed by atoms with van der Waals surface area (Å²) in [7, 11) is 3.68. The van der Waals surface area contributed by atoms with Crippen LogP contribution in [0.5, 0.6) is 5.75 Å². The molecular weight excluding hydrogens is 226 g/mol. The number of methoxy groups -OCH3 is 1. The third kappa shape index (κ3) is 3.94. The SMILES string of the molecule is COc1ccccc1N(C)CCCC(C)(N)C#N. The van der Waals surface area contributed by atoms with E-state index in [9.17, 15) is 0 Å². The van der Waals surface area contributed by atoms with Crippen LogP contribution < -0.4 is 15.4 Å². The summed E-state index contributed by atoms with van der Waals surface area (Å²) in [4.78, 5) is 2.12. The first-order chi connectivity index (χ1) is 8.50. The van der Waals surface area contributed by atoms with Crippen molar-refractivity contribution in [3.8, 4) is 11.8 Å². The summed E-state index contributed by atoms with van der Waals surface area (Å²) in [5, 5.41) is 8.85. The van der Waals surface area contributed by atoms with E-state index >= 15 is 0 Å². The number of hydrogen-bond donors (Lipinski definition) is 1. The molecule has 0 aliphatic rings. The highest BCUT2D eigenvalue weighted by Gasteiger charge is 2.17. The first-order valence-electron chi connectivity index (χ1n) is 6.04. The molecule has 1 unspecified atom stereocenters. The van der Waals surface area contributed by atoms with E-state index in [2.05, 4.69) is 11.0 Å². The molecule has 1 aromatic carbocycles. The van der Waals surface area contributed by atoms with Gasteiger partial charge in [0.1, 0.15) is 11.3 Å². The fourth-order valence-corrected chi connectivity index (χ4v) is 1.80. The van der Waals surface area contributed by atoms with Crippen molar-refractivity contribution in [2.24, 2.45) is 5.73 Å². The van der Waals surface area contributed by atoms with Crippen molar-refractivity contribution in [3.63, 3.8) is 0 Å². The Morgan fingerprint density at radius 3 is 2.72 bits per heavy atom. The monoisotopic (exact) mass is 247 g/mol. The zero-order chi connectivity index (χ0) is 13.6. The van der Waals surface area contributed by atoms with E-state index in [-0.39, 0.29) is 0 Å². The number of para-hydroxylation sites is 2. The van der Waals surface area contributed by atoms with E-state index in [1.165, 1.54) is 0 Å². The lowest BCUT2D eigenvalue weighted by Gasteiger charge is -2.23. The smallest absolute Gasteiger partial charge is 0.142 e. The van der Waals surface area contributed by atoms with Crippen LogP contribution in [0.3, 0.4) is 0 Å². The van der Waals surface area contributed by atoms with E-state index in [4.69, 9.17) is 15.7 Å². The number of rotatable bonds is 6. The first kappa shape index (κ1) is 14.3. The van der Waals surface area contributed by atoms with Gasteiger partial charge in [-0.2, -0.15) is 5.26 Å². The van der Waals surface area contributed by atoms with Gasteiger partial charge in [-0.1, -0.05) is 12.1 Å². The van der Waals surface area contributed by atoms with Gasteiger partial charge in [0.15, 0.2) is 0 Å². The maximum Gasteiger partial charge on any atom is 0.142 e. The molecule has 0 fully saturated rings. The molecule has 0 saturated heterocycles. The Labute approximate surface area is 109 Å². The number of nitrogens with zero attached hydrogens (tertiary/aromatic N) is 2. The first-order valence-corrected chi connectivity index (χ1v) is 6.04. The van der Waals surface area contributed by atoms with Gasteiger partial charge in [-0.15, -0.1) is 0 Å². The summed E-state index contributed by atoms with van der Waals surface area (Å²) in [5.74, 6) is 0.857. The molecule has 4 heteroatoms. The van der Waals surface area contributed by atoms with E-state index in [1.807, 2.05) is 31.3 Å². The molecule has 0 aliphatic carbocycles. The van der Waals surface area contributed by atoms with E-state index in [0.29, 0.717) is 6.42 Å². The third-order valence-corrected chi connectivity index (χ3v) is 2.94. The minimum Gasteiger partial charge on any atom is -0.495 e. The molecule has 1 aromatic rings. The lowest BCUT2D eigenvalue weighted by atomic mass is 9.99. The molecule has 0 bridgehead atoms. The molecule has 18 heavy (non-hydrogen) atoms. The van der Waals surface area contributed by atoms with Gasteiger partial charge in [-0.05, 0) is 31.9 Å². The molecule has 0 aromatic heterocycles. The zero-order valence-corrected chi connectivity index (χ0v) is 11.3. The number of anilines is 1. The molecule has 1 rings (SSSR count). The Bertz CT molecular complexity index is 423. The van der Waals surface area contributed by atoms with Crippen LogP contribution in [0.2, 0.25) is 0 Å². The molecule has 98 valence electrons. The van der Waals surface area contributed by atoms with Gasteiger partial charge in [0.05, 0.1) is 18.9 Å². The third-order valence-electron chi connectivity index (χ3n) is 2.94. The van der Waals surface area contributed by atoms with Gasteiger partial charge in [-0.25, -0.2) is 0 Å². The van der Waals surface area contributed by atoms with Crippen molar-refractivity contribution in [3.05, 3.63) is 24.3 Å². The minimum atomic E-state index is -0.735. The van der Waals surface area contributed by atoms with Crippen LogP contribution in [-0.2, 0) is 0 Å². The molecular formula is C14H21N3O. The maximum atomic E-state index is 8.85. The quantitative estimate of drug-likeness (QED) is 0.836. The molecule has 0 heterocycles. The van der Waals surface area contributed by atoms with Gasteiger partial charge in [0.25, 0.3) is 0 Å². The zero-order valence-electron chi connectivity index (χ0n) is 11.3. The van der Waals surface area contributed by atoms with Crippen LogP contribution in [0.4, 0.5) is 5.69 Å². The average molecular weight is 247 g/mol. The van der Waals surface area contributed by atoms with Crippen LogP contribution in [0.25, 0.3) is 0 Å². The molecule has 4 nitrogen and oxygen atoms in total. The van der Waals surface area contributed by atoms with Crippen LogP contribution in [0, 0.1) is 11.3 Å². The van der Waals surface area contributed by atoms with Crippen molar-refractivity contribution in [1.82, 2.24) is 0 Å². The number of benzene rings is 1. The Balaban J connectivity index is 2.56. The predicted molar refractivity (Wildman–Crippen MR) is 73.7 cm³/mol. The van der Waals surface area contributed by atoms with E-state index in [0.717, 1.165) is 24.4 Å². The standard InChI is InChI=1S/C14H21N3O/c1-14(16,11-15)9-6-10-17(2)12-7-4-5-8-13(12)18-3/h4-5,7-8H,6,9-10,16H2,1-3H3. The van der Waals surface area contributed by atoms with E-state index in [1.54, 1.807) is 14.0 Å². The van der Waals surface area contributed by atoms with Crippen LogP contribution in [0.15, 0.2) is 24.3 Å².